The maximum Gasteiger partial charge on any atom is 0.123 e. The van der Waals surface area contributed by atoms with Crippen LogP contribution in [-0.4, -0.2) is 6.04 Å². The van der Waals surface area contributed by atoms with Gasteiger partial charge in [-0.25, -0.2) is 4.39 Å². The van der Waals surface area contributed by atoms with Crippen LogP contribution >= 0.6 is 0 Å². The number of aryl methyl sites for hydroxylation is 1. The molecule has 1 aromatic carbocycles. The lowest BCUT2D eigenvalue weighted by molar-refractivity contribution is 0.440. The van der Waals surface area contributed by atoms with Gasteiger partial charge in [0.05, 0.1) is 0 Å². The molecule has 0 aliphatic carbocycles. The molecular formula is C13H20FN. The monoisotopic (exact) mass is 209 g/mol. The van der Waals surface area contributed by atoms with Crippen LogP contribution in [0.2, 0.25) is 0 Å². The zero-order chi connectivity index (χ0) is 11.4. The van der Waals surface area contributed by atoms with Crippen LogP contribution in [0, 0.1) is 18.7 Å². The first kappa shape index (κ1) is 12.2. The number of hydrogen-bond donors (Lipinski definition) is 1. The lowest BCUT2D eigenvalue weighted by Crippen LogP contribution is -2.28. The Kier molecular flexibility index (Phi) is 4.28. The maximum absolute atomic E-state index is 13.0. The summed E-state index contributed by atoms with van der Waals surface area (Å²) in [5.74, 6) is 0.239. The van der Waals surface area contributed by atoms with Gasteiger partial charge in [0.25, 0.3) is 0 Å². The minimum Gasteiger partial charge on any atom is -0.327 e. The Bertz CT molecular complexity index is 322. The first-order chi connectivity index (χ1) is 7.04. The highest BCUT2D eigenvalue weighted by Crippen LogP contribution is 2.17. The number of benzene rings is 1. The summed E-state index contributed by atoms with van der Waals surface area (Å²) < 4.78 is 13.0. The highest BCUT2D eigenvalue weighted by Gasteiger charge is 2.12. The van der Waals surface area contributed by atoms with Crippen LogP contribution in [-0.2, 0) is 6.42 Å². The lowest BCUT2D eigenvalue weighted by Gasteiger charge is -2.19. The molecule has 0 aromatic heterocycles. The van der Waals surface area contributed by atoms with Crippen LogP contribution in [0.5, 0.6) is 0 Å². The van der Waals surface area contributed by atoms with Gasteiger partial charge in [0.15, 0.2) is 0 Å². The Balaban J connectivity index is 2.75. The van der Waals surface area contributed by atoms with Gasteiger partial charge in [-0.15, -0.1) is 0 Å². The second-order valence-electron chi connectivity index (χ2n) is 4.32. The number of halogens is 1. The standard InChI is InChI=1S/C13H20FN/c1-4-13(15)10(3)7-11-8-12(14)6-5-9(11)2/h5-6,8,10,13H,4,7,15H2,1-3H3. The van der Waals surface area contributed by atoms with E-state index in [0.29, 0.717) is 5.92 Å². The van der Waals surface area contributed by atoms with E-state index in [0.717, 1.165) is 24.0 Å². The quantitative estimate of drug-likeness (QED) is 0.810. The fourth-order valence-electron chi connectivity index (χ4n) is 1.76. The van der Waals surface area contributed by atoms with Gasteiger partial charge in [-0.05, 0) is 48.9 Å². The van der Waals surface area contributed by atoms with Crippen molar-refractivity contribution in [2.45, 2.75) is 39.7 Å². The van der Waals surface area contributed by atoms with E-state index in [1.165, 1.54) is 6.07 Å². The summed E-state index contributed by atoms with van der Waals surface area (Å²) in [6.07, 6.45) is 1.83. The van der Waals surface area contributed by atoms with Gasteiger partial charge in [-0.3, -0.25) is 0 Å². The molecule has 0 spiro atoms. The molecule has 0 saturated heterocycles. The molecule has 2 atom stereocenters. The molecule has 0 fully saturated rings. The van der Waals surface area contributed by atoms with E-state index in [1.54, 1.807) is 6.07 Å². The molecule has 84 valence electrons. The summed E-state index contributed by atoms with van der Waals surface area (Å²) >= 11 is 0. The van der Waals surface area contributed by atoms with Crippen molar-refractivity contribution in [1.29, 1.82) is 0 Å². The van der Waals surface area contributed by atoms with E-state index in [-0.39, 0.29) is 11.9 Å². The van der Waals surface area contributed by atoms with Crippen LogP contribution in [0.15, 0.2) is 18.2 Å². The molecule has 1 nitrogen and oxygen atoms in total. The van der Waals surface area contributed by atoms with Crippen molar-refractivity contribution in [2.75, 3.05) is 0 Å². The first-order valence-corrected chi connectivity index (χ1v) is 5.55. The van der Waals surface area contributed by atoms with Gasteiger partial charge in [-0.1, -0.05) is 19.9 Å². The molecule has 15 heavy (non-hydrogen) atoms. The predicted molar refractivity (Wildman–Crippen MR) is 62.3 cm³/mol. The topological polar surface area (TPSA) is 26.0 Å². The molecule has 1 rings (SSSR count). The van der Waals surface area contributed by atoms with Gasteiger partial charge < -0.3 is 5.73 Å². The Morgan fingerprint density at radius 2 is 2.07 bits per heavy atom. The summed E-state index contributed by atoms with van der Waals surface area (Å²) in [5, 5.41) is 0. The molecule has 0 amide bonds. The largest absolute Gasteiger partial charge is 0.327 e. The van der Waals surface area contributed by atoms with Crippen LogP contribution in [0.3, 0.4) is 0 Å². The van der Waals surface area contributed by atoms with Crippen LogP contribution in [0.4, 0.5) is 4.39 Å². The number of rotatable bonds is 4. The molecule has 0 heterocycles. The van der Waals surface area contributed by atoms with Gasteiger partial charge in [0, 0.05) is 6.04 Å². The summed E-state index contributed by atoms with van der Waals surface area (Å²) in [6, 6.07) is 5.15. The zero-order valence-corrected chi connectivity index (χ0v) is 9.76. The fraction of sp³-hybridized carbons (Fsp3) is 0.538. The molecule has 0 radical (unpaired) electrons. The summed E-state index contributed by atoms with van der Waals surface area (Å²) in [6.45, 7) is 6.22. The summed E-state index contributed by atoms with van der Waals surface area (Å²) in [4.78, 5) is 0. The Hall–Kier alpha value is -0.890. The third kappa shape index (κ3) is 3.31. The molecule has 1 aromatic rings. The van der Waals surface area contributed by atoms with E-state index in [2.05, 4.69) is 13.8 Å². The van der Waals surface area contributed by atoms with Crippen LogP contribution in [0.25, 0.3) is 0 Å². The molecule has 2 unspecified atom stereocenters. The Morgan fingerprint density at radius 3 is 2.67 bits per heavy atom. The summed E-state index contributed by atoms with van der Waals surface area (Å²) in [7, 11) is 0. The second kappa shape index (κ2) is 5.26. The van der Waals surface area contributed by atoms with Gasteiger partial charge in [0.2, 0.25) is 0 Å². The van der Waals surface area contributed by atoms with Crippen molar-refractivity contribution in [2.24, 2.45) is 11.7 Å². The fourth-order valence-corrected chi connectivity index (χ4v) is 1.76. The molecule has 2 N–H and O–H groups in total. The van der Waals surface area contributed by atoms with E-state index < -0.39 is 0 Å². The van der Waals surface area contributed by atoms with Gasteiger partial charge in [-0.2, -0.15) is 0 Å². The normalized spacial score (nSPS) is 15.0. The Morgan fingerprint density at radius 1 is 1.40 bits per heavy atom. The van der Waals surface area contributed by atoms with E-state index in [1.807, 2.05) is 13.0 Å². The Labute approximate surface area is 91.5 Å². The minimum absolute atomic E-state index is 0.159. The average Bonchev–Trinajstić information content (AvgIpc) is 2.22. The highest BCUT2D eigenvalue weighted by molar-refractivity contribution is 5.27. The van der Waals surface area contributed by atoms with Crippen molar-refractivity contribution >= 4 is 0 Å². The van der Waals surface area contributed by atoms with Crippen molar-refractivity contribution < 1.29 is 4.39 Å². The highest BCUT2D eigenvalue weighted by atomic mass is 19.1. The lowest BCUT2D eigenvalue weighted by atomic mass is 9.91. The predicted octanol–water partition coefficient (Wildman–Crippen LogP) is 3.05. The zero-order valence-electron chi connectivity index (χ0n) is 9.76. The van der Waals surface area contributed by atoms with E-state index in [9.17, 15) is 4.39 Å². The molecule has 0 saturated carbocycles. The van der Waals surface area contributed by atoms with Gasteiger partial charge >= 0.3 is 0 Å². The van der Waals surface area contributed by atoms with Crippen molar-refractivity contribution in [3.63, 3.8) is 0 Å². The van der Waals surface area contributed by atoms with Crippen molar-refractivity contribution in [1.82, 2.24) is 0 Å². The van der Waals surface area contributed by atoms with Gasteiger partial charge in [0.1, 0.15) is 5.82 Å². The van der Waals surface area contributed by atoms with Crippen molar-refractivity contribution in [3.05, 3.63) is 35.1 Å². The molecule has 0 bridgehead atoms. The number of nitrogens with two attached hydrogens (primary N) is 1. The van der Waals surface area contributed by atoms with Crippen LogP contribution < -0.4 is 5.73 Å². The SMILES string of the molecule is CCC(N)C(C)Cc1cc(F)ccc1C. The third-order valence-corrected chi connectivity index (χ3v) is 3.06. The average molecular weight is 209 g/mol. The molecule has 0 aliphatic rings. The van der Waals surface area contributed by atoms with E-state index in [4.69, 9.17) is 5.73 Å². The maximum atomic E-state index is 13.0. The first-order valence-electron chi connectivity index (χ1n) is 5.55. The number of hydrogen-bond acceptors (Lipinski definition) is 1. The second-order valence-corrected chi connectivity index (χ2v) is 4.32. The van der Waals surface area contributed by atoms with E-state index >= 15 is 0 Å². The third-order valence-electron chi connectivity index (χ3n) is 3.06. The molecular weight excluding hydrogens is 189 g/mol. The van der Waals surface area contributed by atoms with Crippen molar-refractivity contribution in [3.8, 4) is 0 Å². The summed E-state index contributed by atoms with van der Waals surface area (Å²) in [5.41, 5.74) is 8.18. The smallest absolute Gasteiger partial charge is 0.123 e. The molecule has 0 aliphatic heterocycles. The van der Waals surface area contributed by atoms with Crippen LogP contribution in [0.1, 0.15) is 31.4 Å². The minimum atomic E-state index is -0.159. The molecule has 2 heteroatoms.